The predicted octanol–water partition coefficient (Wildman–Crippen LogP) is 4.36. The fourth-order valence-electron chi connectivity index (χ4n) is 3.58. The summed E-state index contributed by atoms with van der Waals surface area (Å²) in [6.45, 7) is 1.89. The van der Waals surface area contributed by atoms with Gasteiger partial charge in [-0.05, 0) is 61.4 Å². The highest BCUT2D eigenvalue weighted by molar-refractivity contribution is 7.92. The van der Waals surface area contributed by atoms with Crippen molar-refractivity contribution < 1.29 is 22.0 Å². The Labute approximate surface area is 173 Å². The molecule has 0 bridgehead atoms. The molecule has 0 radical (unpaired) electrons. The summed E-state index contributed by atoms with van der Waals surface area (Å²) in [6.07, 6.45) is 0.488. The average Bonchev–Trinajstić information content (AvgIpc) is 3.05. The van der Waals surface area contributed by atoms with Gasteiger partial charge in [0.2, 0.25) is 0 Å². The van der Waals surface area contributed by atoms with Gasteiger partial charge >= 0.3 is 0 Å². The molecule has 1 N–H and O–H groups in total. The Morgan fingerprint density at radius 1 is 1.03 bits per heavy atom. The van der Waals surface area contributed by atoms with E-state index in [2.05, 4.69) is 4.72 Å². The third kappa shape index (κ3) is 3.66. The Bertz CT molecular complexity index is 1230. The van der Waals surface area contributed by atoms with E-state index in [-0.39, 0.29) is 22.5 Å². The summed E-state index contributed by atoms with van der Waals surface area (Å²) >= 11 is 0. The molecule has 0 aliphatic carbocycles. The lowest BCUT2D eigenvalue weighted by molar-refractivity contribution is 0.0981. The number of nitrogens with one attached hydrogen (secondary N) is 1. The molecule has 0 spiro atoms. The monoisotopic (exact) mass is 428 g/mol. The maximum atomic E-state index is 13.9. The maximum Gasteiger partial charge on any atom is 0.261 e. The van der Waals surface area contributed by atoms with Gasteiger partial charge in [-0.3, -0.25) is 9.52 Å². The van der Waals surface area contributed by atoms with Crippen LogP contribution in [0.25, 0.3) is 0 Å². The van der Waals surface area contributed by atoms with Crippen molar-refractivity contribution in [2.24, 2.45) is 0 Å². The fraction of sp³-hybridized carbons (Fsp3) is 0.136. The van der Waals surface area contributed by atoms with Gasteiger partial charge in [-0.25, -0.2) is 17.2 Å². The van der Waals surface area contributed by atoms with Gasteiger partial charge in [0.05, 0.1) is 10.6 Å². The minimum absolute atomic E-state index is 0.0637. The van der Waals surface area contributed by atoms with Crippen LogP contribution in [0.1, 0.15) is 22.8 Å². The van der Waals surface area contributed by atoms with Crippen LogP contribution in [-0.4, -0.2) is 20.4 Å². The number of hydrogen-bond acceptors (Lipinski definition) is 3. The molecule has 1 amide bonds. The van der Waals surface area contributed by atoms with Crippen LogP contribution in [0.2, 0.25) is 0 Å². The lowest BCUT2D eigenvalue weighted by Gasteiger charge is -2.23. The van der Waals surface area contributed by atoms with E-state index in [0.717, 1.165) is 12.1 Å². The first-order valence-electron chi connectivity index (χ1n) is 9.25. The minimum atomic E-state index is -4.09. The topological polar surface area (TPSA) is 66.5 Å². The molecule has 0 saturated carbocycles. The van der Waals surface area contributed by atoms with Crippen LogP contribution in [-0.2, 0) is 16.4 Å². The summed E-state index contributed by atoms with van der Waals surface area (Å²) in [5.41, 5.74) is 1.55. The molecule has 4 rings (SSSR count). The molecule has 3 aromatic carbocycles. The van der Waals surface area contributed by atoms with Crippen molar-refractivity contribution in [2.45, 2.75) is 24.3 Å². The molecule has 154 valence electrons. The Morgan fingerprint density at radius 2 is 1.77 bits per heavy atom. The molecule has 3 aromatic rings. The van der Waals surface area contributed by atoms with Gasteiger partial charge < -0.3 is 4.90 Å². The summed E-state index contributed by atoms with van der Waals surface area (Å²) in [4.78, 5) is 14.5. The highest BCUT2D eigenvalue weighted by atomic mass is 32.2. The number of halogens is 2. The van der Waals surface area contributed by atoms with Crippen molar-refractivity contribution in [3.8, 4) is 0 Å². The van der Waals surface area contributed by atoms with Crippen molar-refractivity contribution in [3.05, 3.63) is 89.5 Å². The van der Waals surface area contributed by atoms with Gasteiger partial charge in [0.25, 0.3) is 15.9 Å². The first-order valence-corrected chi connectivity index (χ1v) is 10.7. The molecule has 1 atom stereocenters. The summed E-state index contributed by atoms with van der Waals surface area (Å²) < 4.78 is 54.5. The number of anilines is 2. The molecular weight excluding hydrogens is 410 g/mol. The fourth-order valence-corrected chi connectivity index (χ4v) is 4.70. The zero-order chi connectivity index (χ0) is 21.5. The van der Waals surface area contributed by atoms with E-state index in [4.69, 9.17) is 0 Å². The van der Waals surface area contributed by atoms with Crippen LogP contribution in [0.5, 0.6) is 0 Å². The van der Waals surface area contributed by atoms with Crippen molar-refractivity contribution in [2.75, 3.05) is 9.62 Å². The predicted molar refractivity (Wildman–Crippen MR) is 110 cm³/mol. The normalized spacial score (nSPS) is 15.7. The van der Waals surface area contributed by atoms with Crippen molar-refractivity contribution >= 4 is 27.3 Å². The lowest BCUT2D eigenvalue weighted by Crippen LogP contribution is -2.35. The van der Waals surface area contributed by atoms with Gasteiger partial charge in [0.1, 0.15) is 11.6 Å². The number of fused-ring (bicyclic) bond motifs is 1. The lowest BCUT2D eigenvalue weighted by atomic mass is 10.1. The van der Waals surface area contributed by atoms with Crippen LogP contribution in [0.15, 0.2) is 71.6 Å². The molecule has 0 saturated heterocycles. The second-order valence-corrected chi connectivity index (χ2v) is 8.80. The molecule has 1 aliphatic heterocycles. The summed E-state index contributed by atoms with van der Waals surface area (Å²) in [7, 11) is -4.09. The van der Waals surface area contributed by atoms with E-state index < -0.39 is 21.7 Å². The molecule has 0 unspecified atom stereocenters. The number of carbonyl (C=O) groups is 1. The number of rotatable bonds is 4. The van der Waals surface area contributed by atoms with Gasteiger partial charge in [-0.1, -0.05) is 18.2 Å². The van der Waals surface area contributed by atoms with Crippen molar-refractivity contribution in [1.29, 1.82) is 0 Å². The number of amides is 1. The summed E-state index contributed by atoms with van der Waals surface area (Å²) in [5, 5.41) is 0. The Morgan fingerprint density at radius 3 is 2.47 bits per heavy atom. The number of benzene rings is 3. The molecule has 30 heavy (non-hydrogen) atoms. The first kappa shape index (κ1) is 20.0. The van der Waals surface area contributed by atoms with Crippen LogP contribution >= 0.6 is 0 Å². The van der Waals surface area contributed by atoms with Gasteiger partial charge in [-0.2, -0.15) is 0 Å². The van der Waals surface area contributed by atoms with Crippen LogP contribution in [0.3, 0.4) is 0 Å². The standard InChI is InChI=1S/C22H18F2N2O3S/c1-14-11-16-12-18(30(28,29)25-20-9-7-17(23)13-19(20)24)8-10-21(16)26(14)22(27)15-5-3-2-4-6-15/h2-10,12-14,25H,11H2,1H3/t14-/m1/s1. The largest absolute Gasteiger partial charge is 0.305 e. The Kier molecular flexibility index (Phi) is 5.03. The van der Waals surface area contributed by atoms with E-state index in [1.807, 2.05) is 13.0 Å². The van der Waals surface area contributed by atoms with Crippen molar-refractivity contribution in [3.63, 3.8) is 0 Å². The number of nitrogens with zero attached hydrogens (tertiary/aromatic N) is 1. The molecule has 0 aromatic heterocycles. The van der Waals surface area contributed by atoms with Gasteiger partial charge in [0, 0.05) is 23.4 Å². The highest BCUT2D eigenvalue weighted by Crippen LogP contribution is 2.35. The molecular formula is C22H18F2N2O3S. The zero-order valence-corrected chi connectivity index (χ0v) is 16.8. The van der Waals surface area contributed by atoms with E-state index in [0.29, 0.717) is 29.3 Å². The molecule has 8 heteroatoms. The smallest absolute Gasteiger partial charge is 0.261 e. The third-order valence-corrected chi connectivity index (χ3v) is 6.36. The maximum absolute atomic E-state index is 13.9. The number of hydrogen-bond donors (Lipinski definition) is 1. The van der Waals surface area contributed by atoms with E-state index >= 15 is 0 Å². The van der Waals surface area contributed by atoms with Crippen molar-refractivity contribution in [1.82, 2.24) is 0 Å². The zero-order valence-electron chi connectivity index (χ0n) is 16.0. The highest BCUT2D eigenvalue weighted by Gasteiger charge is 2.32. The van der Waals surface area contributed by atoms with Gasteiger partial charge in [-0.15, -0.1) is 0 Å². The molecule has 0 fully saturated rings. The number of carbonyl (C=O) groups excluding carboxylic acids is 1. The summed E-state index contributed by atoms with van der Waals surface area (Å²) in [6, 6.07) is 15.7. The molecule has 5 nitrogen and oxygen atoms in total. The second-order valence-electron chi connectivity index (χ2n) is 7.11. The first-order chi connectivity index (χ1) is 14.3. The molecule has 1 aliphatic rings. The Hall–Kier alpha value is -3.26. The SMILES string of the molecule is C[C@@H]1Cc2cc(S(=O)(=O)Nc3ccc(F)cc3F)ccc2N1C(=O)c1ccccc1. The Balaban J connectivity index is 1.64. The third-order valence-electron chi connectivity index (χ3n) is 4.99. The minimum Gasteiger partial charge on any atom is -0.305 e. The van der Waals surface area contributed by atoms with E-state index in [1.165, 1.54) is 12.1 Å². The number of sulfonamides is 1. The van der Waals surface area contributed by atoms with E-state index in [1.54, 1.807) is 35.2 Å². The average molecular weight is 428 g/mol. The van der Waals surface area contributed by atoms with Crippen LogP contribution in [0, 0.1) is 11.6 Å². The summed E-state index contributed by atoms with van der Waals surface area (Å²) in [5.74, 6) is -1.97. The van der Waals surface area contributed by atoms with E-state index in [9.17, 15) is 22.0 Å². The van der Waals surface area contributed by atoms with Crippen LogP contribution in [0.4, 0.5) is 20.2 Å². The quantitative estimate of drug-likeness (QED) is 0.672. The van der Waals surface area contributed by atoms with Crippen LogP contribution < -0.4 is 9.62 Å². The van der Waals surface area contributed by atoms with Gasteiger partial charge in [0.15, 0.2) is 0 Å². The second kappa shape index (κ2) is 7.53. The molecule has 1 heterocycles.